The van der Waals surface area contributed by atoms with Crippen molar-refractivity contribution in [2.75, 3.05) is 18.6 Å². The molecule has 0 unspecified atom stereocenters. The molecule has 5 rings (SSSR count). The van der Waals surface area contributed by atoms with Crippen LogP contribution in [0.3, 0.4) is 0 Å². The maximum Gasteiger partial charge on any atom is 0.348 e. The van der Waals surface area contributed by atoms with Gasteiger partial charge in [-0.15, -0.1) is 5.10 Å². The Morgan fingerprint density at radius 2 is 1.94 bits per heavy atom. The standard InChI is InChI=1S/C23H24N6O2/c1-13-8-20(31-4)14(2)7-18(13)16-9-17-12-28(6-5-19(17)24-10-16)21-15(3)11-29-22(25-21)26-27-23(29)30/h7-11H,5-6,12H2,1-4H3,(H,27,30). The van der Waals surface area contributed by atoms with E-state index in [0.29, 0.717) is 12.3 Å². The molecule has 0 fully saturated rings. The van der Waals surface area contributed by atoms with Crippen LogP contribution in [-0.4, -0.2) is 38.2 Å². The zero-order chi connectivity index (χ0) is 21.7. The van der Waals surface area contributed by atoms with Gasteiger partial charge in [0, 0.05) is 48.7 Å². The van der Waals surface area contributed by atoms with E-state index in [9.17, 15) is 4.79 Å². The molecule has 8 nitrogen and oxygen atoms in total. The summed E-state index contributed by atoms with van der Waals surface area (Å²) in [6.07, 6.45) is 4.60. The molecule has 31 heavy (non-hydrogen) atoms. The molecule has 1 aromatic carbocycles. The number of aromatic nitrogens is 5. The molecule has 4 heterocycles. The number of nitrogens with one attached hydrogen (secondary N) is 1. The zero-order valence-electron chi connectivity index (χ0n) is 18.1. The van der Waals surface area contributed by atoms with Crippen LogP contribution in [0.15, 0.2) is 35.4 Å². The van der Waals surface area contributed by atoms with Crippen LogP contribution in [0, 0.1) is 20.8 Å². The summed E-state index contributed by atoms with van der Waals surface area (Å²) in [6.45, 7) is 7.65. The molecule has 1 aliphatic heterocycles. The predicted octanol–water partition coefficient (Wildman–Crippen LogP) is 2.98. The van der Waals surface area contributed by atoms with Crippen LogP contribution in [0.5, 0.6) is 5.75 Å². The van der Waals surface area contributed by atoms with E-state index in [4.69, 9.17) is 9.72 Å². The molecule has 0 radical (unpaired) electrons. The lowest BCUT2D eigenvalue weighted by atomic mass is 9.95. The summed E-state index contributed by atoms with van der Waals surface area (Å²) in [6, 6.07) is 6.47. The number of methoxy groups -OCH3 is 1. The number of nitrogens with zero attached hydrogens (tertiary/aromatic N) is 5. The van der Waals surface area contributed by atoms with Crippen molar-refractivity contribution >= 4 is 11.6 Å². The average Bonchev–Trinajstić information content (AvgIpc) is 3.13. The molecule has 1 N–H and O–H groups in total. The largest absolute Gasteiger partial charge is 0.496 e. The minimum Gasteiger partial charge on any atom is -0.496 e. The number of pyridine rings is 1. The molecule has 0 bridgehead atoms. The molecule has 8 heteroatoms. The van der Waals surface area contributed by atoms with E-state index in [1.54, 1.807) is 13.3 Å². The summed E-state index contributed by atoms with van der Waals surface area (Å²) in [5.74, 6) is 2.12. The van der Waals surface area contributed by atoms with Gasteiger partial charge in [-0.2, -0.15) is 4.98 Å². The maximum atomic E-state index is 11.8. The SMILES string of the molecule is COc1cc(C)c(-c2cnc3c(c2)CN(c2nc4n[nH]c(=O)n4cc2C)CC3)cc1C. The lowest BCUT2D eigenvalue weighted by Gasteiger charge is -2.30. The molecule has 158 valence electrons. The quantitative estimate of drug-likeness (QED) is 0.552. The van der Waals surface area contributed by atoms with Gasteiger partial charge in [0.1, 0.15) is 11.6 Å². The van der Waals surface area contributed by atoms with Crippen molar-refractivity contribution < 1.29 is 4.74 Å². The molecule has 0 atom stereocenters. The number of ether oxygens (including phenoxy) is 1. The summed E-state index contributed by atoms with van der Waals surface area (Å²) in [5.41, 5.74) is 7.49. The second-order valence-corrected chi connectivity index (χ2v) is 8.08. The third-order valence-electron chi connectivity index (χ3n) is 5.96. The summed E-state index contributed by atoms with van der Waals surface area (Å²) in [5, 5.41) is 6.46. The molecule has 0 aliphatic carbocycles. The second-order valence-electron chi connectivity index (χ2n) is 8.08. The first kappa shape index (κ1) is 19.3. The molecule has 0 amide bonds. The minimum absolute atomic E-state index is 0.278. The Hall–Kier alpha value is -3.68. The molecular formula is C23H24N6O2. The lowest BCUT2D eigenvalue weighted by Crippen LogP contribution is -2.32. The lowest BCUT2D eigenvalue weighted by molar-refractivity contribution is 0.411. The Kier molecular flexibility index (Phi) is 4.50. The molecule has 4 aromatic rings. The number of H-pyrrole nitrogens is 1. The Labute approximate surface area is 179 Å². The Bertz CT molecular complexity index is 1370. The minimum atomic E-state index is -0.278. The highest BCUT2D eigenvalue weighted by Gasteiger charge is 2.22. The average molecular weight is 416 g/mol. The number of aromatic amines is 1. The van der Waals surface area contributed by atoms with E-state index in [0.717, 1.165) is 58.0 Å². The highest BCUT2D eigenvalue weighted by atomic mass is 16.5. The molecule has 3 aromatic heterocycles. The fourth-order valence-electron chi connectivity index (χ4n) is 4.32. The molecule has 0 saturated heterocycles. The van der Waals surface area contributed by atoms with Crippen molar-refractivity contribution in [3.05, 3.63) is 69.0 Å². The summed E-state index contributed by atoms with van der Waals surface area (Å²) in [4.78, 5) is 23.5. The zero-order valence-corrected chi connectivity index (χ0v) is 18.1. The van der Waals surface area contributed by atoms with Crippen LogP contribution >= 0.6 is 0 Å². The number of aryl methyl sites for hydroxylation is 3. The van der Waals surface area contributed by atoms with Crippen molar-refractivity contribution in [2.24, 2.45) is 0 Å². The van der Waals surface area contributed by atoms with Gasteiger partial charge in [0.2, 0.25) is 0 Å². The number of anilines is 1. The first-order valence-electron chi connectivity index (χ1n) is 10.3. The van der Waals surface area contributed by atoms with Gasteiger partial charge in [-0.1, -0.05) is 0 Å². The Balaban J connectivity index is 1.51. The summed E-state index contributed by atoms with van der Waals surface area (Å²) >= 11 is 0. The third kappa shape index (κ3) is 3.24. The molecular weight excluding hydrogens is 392 g/mol. The molecule has 0 saturated carbocycles. The monoisotopic (exact) mass is 416 g/mol. The first-order chi connectivity index (χ1) is 14.9. The van der Waals surface area contributed by atoms with Crippen LogP contribution in [0.2, 0.25) is 0 Å². The molecule has 0 spiro atoms. The maximum absolute atomic E-state index is 11.8. The highest BCUT2D eigenvalue weighted by Crippen LogP contribution is 2.32. The Morgan fingerprint density at radius 3 is 2.74 bits per heavy atom. The van der Waals surface area contributed by atoms with Crippen molar-refractivity contribution in [2.45, 2.75) is 33.7 Å². The van der Waals surface area contributed by atoms with Crippen molar-refractivity contribution in [1.82, 2.24) is 24.6 Å². The number of hydrogen-bond donors (Lipinski definition) is 1. The van der Waals surface area contributed by atoms with Gasteiger partial charge >= 0.3 is 5.69 Å². The van der Waals surface area contributed by atoms with Gasteiger partial charge in [-0.3, -0.25) is 4.98 Å². The topological polar surface area (TPSA) is 88.4 Å². The van der Waals surface area contributed by atoms with Crippen LogP contribution < -0.4 is 15.3 Å². The smallest absolute Gasteiger partial charge is 0.348 e. The number of rotatable bonds is 3. The predicted molar refractivity (Wildman–Crippen MR) is 119 cm³/mol. The van der Waals surface area contributed by atoms with Crippen LogP contribution in [0.25, 0.3) is 16.9 Å². The summed E-state index contributed by atoms with van der Waals surface area (Å²) < 4.78 is 6.89. The molecule has 1 aliphatic rings. The highest BCUT2D eigenvalue weighted by molar-refractivity contribution is 5.70. The third-order valence-corrected chi connectivity index (χ3v) is 5.96. The van der Waals surface area contributed by atoms with Crippen molar-refractivity contribution in [1.29, 1.82) is 0 Å². The van der Waals surface area contributed by atoms with Gasteiger partial charge in [-0.05, 0) is 61.2 Å². The number of hydrogen-bond acceptors (Lipinski definition) is 6. The van der Waals surface area contributed by atoms with E-state index in [1.165, 1.54) is 9.96 Å². The van der Waals surface area contributed by atoms with Gasteiger partial charge < -0.3 is 9.64 Å². The second kappa shape index (κ2) is 7.23. The van der Waals surface area contributed by atoms with Crippen LogP contribution in [0.1, 0.15) is 27.9 Å². The van der Waals surface area contributed by atoms with E-state index in [-0.39, 0.29) is 5.69 Å². The normalized spacial score (nSPS) is 13.5. The van der Waals surface area contributed by atoms with Gasteiger partial charge in [0.25, 0.3) is 5.78 Å². The number of benzene rings is 1. The van der Waals surface area contributed by atoms with Gasteiger partial charge in [-0.25, -0.2) is 14.3 Å². The van der Waals surface area contributed by atoms with E-state index >= 15 is 0 Å². The van der Waals surface area contributed by atoms with Crippen molar-refractivity contribution in [3.63, 3.8) is 0 Å². The summed E-state index contributed by atoms with van der Waals surface area (Å²) in [7, 11) is 1.70. The fraction of sp³-hybridized carbons (Fsp3) is 0.304. The van der Waals surface area contributed by atoms with Gasteiger partial charge in [0.05, 0.1) is 7.11 Å². The van der Waals surface area contributed by atoms with E-state index in [2.05, 4.69) is 52.1 Å². The van der Waals surface area contributed by atoms with Gasteiger partial charge in [0.15, 0.2) is 0 Å². The van der Waals surface area contributed by atoms with Crippen LogP contribution in [0.4, 0.5) is 5.82 Å². The Morgan fingerprint density at radius 1 is 1.10 bits per heavy atom. The van der Waals surface area contributed by atoms with E-state index in [1.807, 2.05) is 13.1 Å². The van der Waals surface area contributed by atoms with Crippen LogP contribution in [-0.2, 0) is 13.0 Å². The van der Waals surface area contributed by atoms with Crippen molar-refractivity contribution in [3.8, 4) is 16.9 Å². The van der Waals surface area contributed by atoms with E-state index < -0.39 is 0 Å². The first-order valence-corrected chi connectivity index (χ1v) is 10.3. The fourth-order valence-corrected chi connectivity index (χ4v) is 4.32. The number of fused-ring (bicyclic) bond motifs is 2.